The molecule has 1 aliphatic heterocycles. The third-order valence-corrected chi connectivity index (χ3v) is 2.10. The SMILES string of the molecule is CC(C)CC(=O)C1C(=O)OC(C)(C)OC1=O. The number of ether oxygens (including phenoxy) is 2. The third kappa shape index (κ3) is 2.81. The Kier molecular flexibility index (Phi) is 3.35. The van der Waals surface area contributed by atoms with Crippen LogP contribution in [-0.2, 0) is 23.9 Å². The largest absolute Gasteiger partial charge is 0.422 e. The Morgan fingerprint density at radius 2 is 1.69 bits per heavy atom. The average molecular weight is 228 g/mol. The first kappa shape index (κ1) is 12.7. The van der Waals surface area contributed by atoms with Gasteiger partial charge < -0.3 is 9.47 Å². The van der Waals surface area contributed by atoms with Crippen molar-refractivity contribution in [2.75, 3.05) is 0 Å². The first-order valence-corrected chi connectivity index (χ1v) is 5.21. The van der Waals surface area contributed by atoms with Crippen LogP contribution in [0.5, 0.6) is 0 Å². The van der Waals surface area contributed by atoms with Gasteiger partial charge in [0.2, 0.25) is 5.92 Å². The van der Waals surface area contributed by atoms with Crippen molar-refractivity contribution in [3.05, 3.63) is 0 Å². The van der Waals surface area contributed by atoms with Crippen molar-refractivity contribution in [1.29, 1.82) is 0 Å². The molecule has 0 atom stereocenters. The molecule has 1 saturated heterocycles. The van der Waals surface area contributed by atoms with E-state index in [-0.39, 0.29) is 12.3 Å². The predicted molar refractivity (Wildman–Crippen MR) is 54.2 cm³/mol. The van der Waals surface area contributed by atoms with E-state index in [1.165, 1.54) is 13.8 Å². The highest BCUT2D eigenvalue weighted by Gasteiger charge is 2.46. The normalized spacial score (nSPS) is 20.6. The molecule has 5 heteroatoms. The summed E-state index contributed by atoms with van der Waals surface area (Å²) in [5, 5.41) is 0. The number of carbonyl (C=O) groups is 3. The highest BCUT2D eigenvalue weighted by atomic mass is 16.7. The molecule has 0 aromatic heterocycles. The Labute approximate surface area is 94.1 Å². The minimum absolute atomic E-state index is 0.0861. The second kappa shape index (κ2) is 4.23. The minimum atomic E-state index is -1.41. The van der Waals surface area contributed by atoms with Crippen molar-refractivity contribution in [3.8, 4) is 0 Å². The number of rotatable bonds is 3. The molecule has 16 heavy (non-hydrogen) atoms. The van der Waals surface area contributed by atoms with Crippen LogP contribution >= 0.6 is 0 Å². The van der Waals surface area contributed by atoms with E-state index in [2.05, 4.69) is 0 Å². The molecule has 0 spiro atoms. The lowest BCUT2D eigenvalue weighted by Gasteiger charge is -2.32. The van der Waals surface area contributed by atoms with Gasteiger partial charge in [-0.05, 0) is 5.92 Å². The molecule has 1 heterocycles. The van der Waals surface area contributed by atoms with Crippen LogP contribution in [-0.4, -0.2) is 23.5 Å². The van der Waals surface area contributed by atoms with Gasteiger partial charge >= 0.3 is 11.9 Å². The summed E-state index contributed by atoms with van der Waals surface area (Å²) in [5.74, 6) is -4.67. The van der Waals surface area contributed by atoms with Crippen molar-refractivity contribution in [2.24, 2.45) is 11.8 Å². The second-order valence-electron chi connectivity index (χ2n) is 4.74. The number of esters is 2. The number of carbonyl (C=O) groups excluding carboxylic acids is 3. The molecule has 5 nitrogen and oxygen atoms in total. The maximum atomic E-state index is 11.6. The van der Waals surface area contributed by atoms with Crippen LogP contribution in [0, 0.1) is 11.8 Å². The zero-order valence-corrected chi connectivity index (χ0v) is 9.90. The van der Waals surface area contributed by atoms with Gasteiger partial charge in [0.1, 0.15) is 0 Å². The summed E-state index contributed by atoms with van der Waals surface area (Å²) in [7, 11) is 0. The maximum Gasteiger partial charge on any atom is 0.331 e. The molecule has 1 fully saturated rings. The Bertz CT molecular complexity index is 298. The van der Waals surface area contributed by atoms with E-state index in [0.717, 1.165) is 0 Å². The molecule has 1 rings (SSSR count). The highest BCUT2D eigenvalue weighted by Crippen LogP contribution is 2.24. The van der Waals surface area contributed by atoms with E-state index in [4.69, 9.17) is 9.47 Å². The molecule has 0 aliphatic carbocycles. The summed E-state index contributed by atoms with van der Waals surface area (Å²) >= 11 is 0. The van der Waals surface area contributed by atoms with Gasteiger partial charge in [-0.25, -0.2) is 0 Å². The van der Waals surface area contributed by atoms with Gasteiger partial charge in [0.05, 0.1) is 0 Å². The fraction of sp³-hybridized carbons (Fsp3) is 0.727. The lowest BCUT2D eigenvalue weighted by molar-refractivity contribution is -0.238. The quantitative estimate of drug-likeness (QED) is 0.533. The van der Waals surface area contributed by atoms with Crippen LogP contribution in [0.4, 0.5) is 0 Å². The Morgan fingerprint density at radius 1 is 1.25 bits per heavy atom. The van der Waals surface area contributed by atoms with E-state index in [1.54, 1.807) is 0 Å². The van der Waals surface area contributed by atoms with Crippen molar-refractivity contribution in [1.82, 2.24) is 0 Å². The maximum absolute atomic E-state index is 11.6. The molecule has 0 bridgehead atoms. The molecule has 0 amide bonds. The molecular formula is C11H16O5. The summed E-state index contributed by atoms with van der Waals surface area (Å²) in [6.45, 7) is 6.57. The van der Waals surface area contributed by atoms with Crippen LogP contribution in [0.3, 0.4) is 0 Å². The smallest absolute Gasteiger partial charge is 0.331 e. The van der Waals surface area contributed by atoms with E-state index in [9.17, 15) is 14.4 Å². The standard InChI is InChI=1S/C11H16O5/c1-6(2)5-7(12)8-9(13)15-11(3,4)16-10(8)14/h6,8H,5H2,1-4H3. The molecule has 0 N–H and O–H groups in total. The van der Waals surface area contributed by atoms with Crippen molar-refractivity contribution in [2.45, 2.75) is 39.9 Å². The Hall–Kier alpha value is -1.39. The molecule has 0 unspecified atom stereocenters. The number of hydrogen-bond donors (Lipinski definition) is 0. The molecule has 1 aliphatic rings. The Morgan fingerprint density at radius 3 is 2.06 bits per heavy atom. The summed E-state index contributed by atoms with van der Waals surface area (Å²) in [4.78, 5) is 34.6. The lowest BCUT2D eigenvalue weighted by atomic mass is 9.95. The van der Waals surface area contributed by atoms with Crippen molar-refractivity contribution in [3.63, 3.8) is 0 Å². The number of Topliss-reactive ketones (excluding diaryl/α,β-unsaturated/α-hetero) is 1. The van der Waals surface area contributed by atoms with Gasteiger partial charge in [0, 0.05) is 20.3 Å². The van der Waals surface area contributed by atoms with Gasteiger partial charge in [0.15, 0.2) is 5.78 Å². The predicted octanol–water partition coefficient (Wildman–Crippen LogP) is 1.05. The van der Waals surface area contributed by atoms with E-state index >= 15 is 0 Å². The van der Waals surface area contributed by atoms with Gasteiger partial charge in [-0.15, -0.1) is 0 Å². The van der Waals surface area contributed by atoms with Crippen LogP contribution in [0.25, 0.3) is 0 Å². The molecule has 90 valence electrons. The van der Waals surface area contributed by atoms with Gasteiger partial charge in [-0.1, -0.05) is 13.8 Å². The van der Waals surface area contributed by atoms with E-state index < -0.39 is 29.4 Å². The summed E-state index contributed by atoms with van der Waals surface area (Å²) in [5.41, 5.74) is 0. The zero-order chi connectivity index (χ0) is 12.5. The first-order chi connectivity index (χ1) is 7.23. The van der Waals surface area contributed by atoms with Crippen LogP contribution in [0.1, 0.15) is 34.1 Å². The van der Waals surface area contributed by atoms with Crippen LogP contribution < -0.4 is 0 Å². The molecular weight excluding hydrogens is 212 g/mol. The first-order valence-electron chi connectivity index (χ1n) is 5.21. The van der Waals surface area contributed by atoms with Crippen LogP contribution in [0.15, 0.2) is 0 Å². The number of hydrogen-bond acceptors (Lipinski definition) is 5. The molecule has 0 aromatic rings. The fourth-order valence-corrected chi connectivity index (χ4v) is 1.50. The van der Waals surface area contributed by atoms with Crippen molar-refractivity contribution >= 4 is 17.7 Å². The summed E-state index contributed by atoms with van der Waals surface area (Å²) in [6.07, 6.45) is 0.162. The van der Waals surface area contributed by atoms with Gasteiger partial charge in [-0.3, -0.25) is 14.4 Å². The topological polar surface area (TPSA) is 69.7 Å². The molecule has 0 aromatic carbocycles. The van der Waals surface area contributed by atoms with Gasteiger partial charge in [-0.2, -0.15) is 0 Å². The number of cyclic esters (lactones) is 2. The second-order valence-corrected chi connectivity index (χ2v) is 4.74. The van der Waals surface area contributed by atoms with E-state index in [0.29, 0.717) is 0 Å². The minimum Gasteiger partial charge on any atom is -0.422 e. The Balaban J connectivity index is 2.79. The highest BCUT2D eigenvalue weighted by molar-refractivity contribution is 6.15. The average Bonchev–Trinajstić information content (AvgIpc) is 1.96. The van der Waals surface area contributed by atoms with Crippen molar-refractivity contribution < 1.29 is 23.9 Å². The fourth-order valence-electron chi connectivity index (χ4n) is 1.50. The third-order valence-electron chi connectivity index (χ3n) is 2.10. The molecule has 0 radical (unpaired) electrons. The monoisotopic (exact) mass is 228 g/mol. The number of ketones is 1. The van der Waals surface area contributed by atoms with Gasteiger partial charge in [0.25, 0.3) is 5.79 Å². The summed E-state index contributed by atoms with van der Waals surface area (Å²) in [6, 6.07) is 0. The lowest BCUT2D eigenvalue weighted by Crippen LogP contribution is -2.49. The molecule has 0 saturated carbocycles. The summed E-state index contributed by atoms with van der Waals surface area (Å²) < 4.78 is 9.71. The zero-order valence-electron chi connectivity index (χ0n) is 9.90. The van der Waals surface area contributed by atoms with E-state index in [1.807, 2.05) is 13.8 Å². The van der Waals surface area contributed by atoms with Crippen LogP contribution in [0.2, 0.25) is 0 Å².